The zero-order chi connectivity index (χ0) is 13.6. The molecule has 3 aliphatic rings. The third kappa shape index (κ3) is 2.07. The molecular weight excluding hydrogens is 234 g/mol. The highest BCUT2D eigenvalue weighted by Gasteiger charge is 2.56. The normalized spacial score (nSPS) is 36.2. The number of fused-ring (bicyclic) bond motifs is 2. The van der Waals surface area contributed by atoms with Crippen LogP contribution in [0.1, 0.15) is 39.2 Å². The van der Waals surface area contributed by atoms with E-state index in [1.807, 2.05) is 18.3 Å². The first-order valence-corrected chi connectivity index (χ1v) is 7.30. The predicted molar refractivity (Wildman–Crippen MR) is 78.6 cm³/mol. The van der Waals surface area contributed by atoms with E-state index >= 15 is 0 Å². The van der Waals surface area contributed by atoms with Gasteiger partial charge >= 0.3 is 0 Å². The number of hydrogen-bond donors (Lipinski definition) is 1. The van der Waals surface area contributed by atoms with Crippen LogP contribution in [0.15, 0.2) is 29.3 Å². The summed E-state index contributed by atoms with van der Waals surface area (Å²) in [4.78, 5) is 4.79. The minimum atomic E-state index is 0.310. The molecule has 4 atom stereocenters. The number of rotatable bonds is 2. The van der Waals surface area contributed by atoms with E-state index in [0.29, 0.717) is 23.1 Å². The largest absolute Gasteiger partial charge is 0.508 e. The van der Waals surface area contributed by atoms with Gasteiger partial charge in [0.1, 0.15) is 5.75 Å². The molecule has 3 saturated carbocycles. The van der Waals surface area contributed by atoms with Crippen LogP contribution in [0.2, 0.25) is 0 Å². The lowest BCUT2D eigenvalue weighted by atomic mass is 9.45. The summed E-state index contributed by atoms with van der Waals surface area (Å²) >= 11 is 0. The monoisotopic (exact) mass is 257 g/mol. The van der Waals surface area contributed by atoms with E-state index in [1.165, 1.54) is 12.8 Å². The Balaban J connectivity index is 1.72. The molecule has 102 valence electrons. The molecule has 1 aromatic carbocycles. The van der Waals surface area contributed by atoms with Crippen molar-refractivity contribution in [2.75, 3.05) is 0 Å². The molecular formula is C17H23NO. The van der Waals surface area contributed by atoms with Gasteiger partial charge in [-0.2, -0.15) is 0 Å². The lowest BCUT2D eigenvalue weighted by Crippen LogP contribution is -2.56. The molecule has 2 heteroatoms. The van der Waals surface area contributed by atoms with E-state index in [4.69, 9.17) is 4.99 Å². The Bertz CT molecular complexity index is 506. The van der Waals surface area contributed by atoms with Crippen molar-refractivity contribution < 1.29 is 5.11 Å². The van der Waals surface area contributed by atoms with Crippen molar-refractivity contribution in [2.45, 2.75) is 39.7 Å². The number of benzene rings is 1. The molecule has 3 fully saturated rings. The standard InChI is InChI=1S/C17H23NO/c1-11-15-8-13(17(15,2)3)9-16(11)18-10-12-5-4-6-14(19)7-12/h4-7,10-11,13,15-16,19H,8-9H2,1-3H3/t11-,13+,15-,16-/m1/s1. The molecule has 2 nitrogen and oxygen atoms in total. The predicted octanol–water partition coefficient (Wildman–Crippen LogP) is 3.88. The van der Waals surface area contributed by atoms with E-state index in [0.717, 1.165) is 17.4 Å². The summed E-state index contributed by atoms with van der Waals surface area (Å²) in [6, 6.07) is 7.77. The second-order valence-corrected chi connectivity index (χ2v) is 6.90. The SMILES string of the molecule is C[C@@H]1[C@H]2C[C@@H](C[C@H]1N=Cc1cccc(O)c1)C2(C)C. The number of aromatic hydroxyl groups is 1. The Kier molecular flexibility index (Phi) is 2.92. The smallest absolute Gasteiger partial charge is 0.116 e. The van der Waals surface area contributed by atoms with Crippen molar-refractivity contribution in [3.8, 4) is 5.75 Å². The summed E-state index contributed by atoms with van der Waals surface area (Å²) in [7, 11) is 0. The van der Waals surface area contributed by atoms with Gasteiger partial charge < -0.3 is 5.11 Å². The third-order valence-electron chi connectivity index (χ3n) is 5.60. The van der Waals surface area contributed by atoms with Crippen LogP contribution >= 0.6 is 0 Å². The van der Waals surface area contributed by atoms with Gasteiger partial charge in [0.15, 0.2) is 0 Å². The van der Waals surface area contributed by atoms with Gasteiger partial charge in [0, 0.05) is 6.21 Å². The average Bonchev–Trinajstić information content (AvgIpc) is 2.37. The van der Waals surface area contributed by atoms with E-state index < -0.39 is 0 Å². The molecule has 0 spiro atoms. The summed E-state index contributed by atoms with van der Waals surface area (Å²) in [5.74, 6) is 2.66. The average molecular weight is 257 g/mol. The van der Waals surface area contributed by atoms with Crippen molar-refractivity contribution in [3.63, 3.8) is 0 Å². The van der Waals surface area contributed by atoms with E-state index in [9.17, 15) is 5.11 Å². The van der Waals surface area contributed by atoms with Gasteiger partial charge in [-0.05, 0) is 53.7 Å². The zero-order valence-corrected chi connectivity index (χ0v) is 12.0. The van der Waals surface area contributed by atoms with Gasteiger partial charge in [-0.15, -0.1) is 0 Å². The van der Waals surface area contributed by atoms with Crippen LogP contribution in [0.3, 0.4) is 0 Å². The highest BCUT2D eigenvalue weighted by Crippen LogP contribution is 2.61. The molecule has 0 saturated heterocycles. The summed E-state index contributed by atoms with van der Waals surface area (Å²) in [6.07, 6.45) is 4.55. The van der Waals surface area contributed by atoms with Crippen molar-refractivity contribution in [1.29, 1.82) is 0 Å². The summed E-state index contributed by atoms with van der Waals surface area (Å²) in [6.45, 7) is 7.18. The maximum atomic E-state index is 9.46. The van der Waals surface area contributed by atoms with Crippen LogP contribution in [0, 0.1) is 23.2 Å². The van der Waals surface area contributed by atoms with Crippen molar-refractivity contribution in [3.05, 3.63) is 29.8 Å². The molecule has 0 aromatic heterocycles. The number of aliphatic imine (C=N–C) groups is 1. The van der Waals surface area contributed by atoms with Crippen LogP contribution in [-0.4, -0.2) is 17.4 Å². The van der Waals surface area contributed by atoms with Crippen LogP contribution in [-0.2, 0) is 0 Å². The van der Waals surface area contributed by atoms with E-state index in [2.05, 4.69) is 20.8 Å². The Morgan fingerprint density at radius 2 is 2.11 bits per heavy atom. The molecule has 1 N–H and O–H groups in total. The Morgan fingerprint density at radius 3 is 2.74 bits per heavy atom. The Morgan fingerprint density at radius 1 is 1.32 bits per heavy atom. The molecule has 19 heavy (non-hydrogen) atoms. The third-order valence-corrected chi connectivity index (χ3v) is 5.60. The quantitative estimate of drug-likeness (QED) is 0.801. The molecule has 4 rings (SSSR count). The first kappa shape index (κ1) is 12.7. The lowest BCUT2D eigenvalue weighted by Gasteiger charge is -2.61. The molecule has 0 aliphatic heterocycles. The second-order valence-electron chi connectivity index (χ2n) is 6.90. The maximum absolute atomic E-state index is 9.46. The molecule has 0 amide bonds. The fourth-order valence-electron chi connectivity index (χ4n) is 4.11. The van der Waals surface area contributed by atoms with Crippen LogP contribution < -0.4 is 0 Å². The van der Waals surface area contributed by atoms with Gasteiger partial charge in [-0.1, -0.05) is 32.9 Å². The van der Waals surface area contributed by atoms with Gasteiger partial charge in [-0.25, -0.2) is 0 Å². The number of nitrogens with zero attached hydrogens (tertiary/aromatic N) is 1. The van der Waals surface area contributed by atoms with E-state index in [-0.39, 0.29) is 0 Å². The number of phenols is 1. The zero-order valence-electron chi connectivity index (χ0n) is 12.0. The van der Waals surface area contributed by atoms with Crippen molar-refractivity contribution >= 4 is 6.21 Å². The van der Waals surface area contributed by atoms with Gasteiger partial charge in [0.25, 0.3) is 0 Å². The highest BCUT2D eigenvalue weighted by atomic mass is 16.3. The van der Waals surface area contributed by atoms with Crippen LogP contribution in [0.4, 0.5) is 0 Å². The highest BCUT2D eigenvalue weighted by molar-refractivity contribution is 5.80. The van der Waals surface area contributed by atoms with Gasteiger partial charge in [-0.3, -0.25) is 4.99 Å². The van der Waals surface area contributed by atoms with Crippen molar-refractivity contribution in [2.24, 2.45) is 28.2 Å². The molecule has 3 aliphatic carbocycles. The Labute approximate surface area is 115 Å². The second kappa shape index (κ2) is 4.36. The molecule has 1 aromatic rings. The van der Waals surface area contributed by atoms with Crippen LogP contribution in [0.5, 0.6) is 5.75 Å². The number of hydrogen-bond acceptors (Lipinski definition) is 2. The minimum absolute atomic E-state index is 0.310. The summed E-state index contributed by atoms with van der Waals surface area (Å²) in [5, 5.41) is 9.46. The molecule has 0 heterocycles. The molecule has 0 radical (unpaired) electrons. The fourth-order valence-corrected chi connectivity index (χ4v) is 4.11. The summed E-state index contributed by atoms with van der Waals surface area (Å²) in [5.41, 5.74) is 1.52. The topological polar surface area (TPSA) is 32.6 Å². The Hall–Kier alpha value is -1.31. The maximum Gasteiger partial charge on any atom is 0.116 e. The van der Waals surface area contributed by atoms with Crippen molar-refractivity contribution in [1.82, 2.24) is 0 Å². The van der Waals surface area contributed by atoms with E-state index in [1.54, 1.807) is 12.1 Å². The first-order valence-electron chi connectivity index (χ1n) is 7.30. The minimum Gasteiger partial charge on any atom is -0.508 e. The summed E-state index contributed by atoms with van der Waals surface area (Å²) < 4.78 is 0. The molecule has 0 unspecified atom stereocenters. The van der Waals surface area contributed by atoms with Gasteiger partial charge in [0.05, 0.1) is 6.04 Å². The first-order chi connectivity index (χ1) is 8.98. The van der Waals surface area contributed by atoms with Crippen LogP contribution in [0.25, 0.3) is 0 Å². The lowest BCUT2D eigenvalue weighted by molar-refractivity contribution is -0.108. The van der Waals surface area contributed by atoms with Gasteiger partial charge in [0.2, 0.25) is 0 Å². The number of phenolic OH excluding ortho intramolecular Hbond substituents is 1. The fraction of sp³-hybridized carbons (Fsp3) is 0.588. The molecule has 2 bridgehead atoms.